The van der Waals surface area contributed by atoms with Gasteiger partial charge in [0.05, 0.1) is 6.20 Å². The van der Waals surface area contributed by atoms with E-state index in [0.717, 1.165) is 51.5 Å². The number of rotatable bonds is 7. The molecule has 2 aliphatic rings. The van der Waals surface area contributed by atoms with Crippen LogP contribution in [0.25, 0.3) is 0 Å². The van der Waals surface area contributed by atoms with Crippen molar-refractivity contribution in [2.75, 3.05) is 39.3 Å². The van der Waals surface area contributed by atoms with Crippen molar-refractivity contribution in [2.24, 2.45) is 0 Å². The van der Waals surface area contributed by atoms with Crippen molar-refractivity contribution in [1.82, 2.24) is 14.8 Å². The number of likely N-dealkylation sites (tertiary alicyclic amines) is 1. The second-order valence-electron chi connectivity index (χ2n) is 8.82. The van der Waals surface area contributed by atoms with E-state index in [1.54, 1.807) is 12.4 Å². The minimum Gasteiger partial charge on any atom is -0.485 e. The van der Waals surface area contributed by atoms with E-state index in [1.165, 1.54) is 6.42 Å². The molecule has 0 unspecified atom stereocenters. The molecular weight excluding hydrogens is 629 g/mol. The maximum atomic E-state index is 10.6. The van der Waals surface area contributed by atoms with Crippen LogP contribution in [-0.4, -0.2) is 124 Å². The predicted molar refractivity (Wildman–Crippen MR) is 132 cm³/mol. The van der Waals surface area contributed by atoms with Crippen LogP contribution in [0.15, 0.2) is 24.5 Å². The first kappa shape index (κ1) is 40.6. The lowest BCUT2D eigenvalue weighted by Crippen LogP contribution is -2.44. The summed E-state index contributed by atoms with van der Waals surface area (Å²) in [4.78, 5) is 35.9. The molecule has 0 bridgehead atoms. The summed E-state index contributed by atoms with van der Waals surface area (Å²) in [6, 6.07) is 4.39. The van der Waals surface area contributed by atoms with Crippen molar-refractivity contribution < 1.29 is 78.7 Å². The summed E-state index contributed by atoms with van der Waals surface area (Å²) >= 11 is 0. The van der Waals surface area contributed by atoms with Crippen LogP contribution < -0.4 is 4.74 Å². The Morgan fingerprint density at radius 2 is 1.43 bits per heavy atom. The van der Waals surface area contributed by atoms with E-state index in [4.69, 9.17) is 39.2 Å². The van der Waals surface area contributed by atoms with Crippen molar-refractivity contribution in [2.45, 2.75) is 63.5 Å². The van der Waals surface area contributed by atoms with Crippen molar-refractivity contribution in [3.8, 4) is 5.75 Å². The highest BCUT2D eigenvalue weighted by molar-refractivity contribution is 5.73. The quantitative estimate of drug-likeness (QED) is 0.365. The van der Waals surface area contributed by atoms with Gasteiger partial charge in [0.2, 0.25) is 0 Å². The van der Waals surface area contributed by atoms with E-state index >= 15 is 0 Å². The smallest absolute Gasteiger partial charge is 0.485 e. The number of hydrogen-bond acceptors (Lipinski definition) is 8. The van der Waals surface area contributed by atoms with Gasteiger partial charge in [0, 0.05) is 38.5 Å². The number of halogens is 9. The van der Waals surface area contributed by atoms with Gasteiger partial charge in [0.15, 0.2) is 0 Å². The molecule has 0 spiro atoms. The summed E-state index contributed by atoms with van der Waals surface area (Å²) < 4.78 is 107. The van der Waals surface area contributed by atoms with E-state index in [9.17, 15) is 39.5 Å². The summed E-state index contributed by atoms with van der Waals surface area (Å²) in [5.41, 5.74) is 0. The Morgan fingerprint density at radius 3 is 1.82 bits per heavy atom. The number of hydrogen-bond donors (Lipinski definition) is 3. The number of ether oxygens (including phenoxy) is 2. The molecule has 0 amide bonds. The maximum Gasteiger partial charge on any atom is 0.490 e. The van der Waals surface area contributed by atoms with Crippen molar-refractivity contribution in [3.63, 3.8) is 0 Å². The lowest BCUT2D eigenvalue weighted by Gasteiger charge is -2.33. The highest BCUT2D eigenvalue weighted by Gasteiger charge is 2.45. The van der Waals surface area contributed by atoms with Crippen LogP contribution in [-0.2, 0) is 19.1 Å². The Hall–Kier alpha value is -3.39. The number of carboxylic acid groups (broad SMARTS) is 3. The number of aliphatic carboxylic acids is 3. The molecule has 3 heterocycles. The van der Waals surface area contributed by atoms with Gasteiger partial charge < -0.3 is 29.7 Å². The average molecular weight is 662 g/mol. The highest BCUT2D eigenvalue weighted by atomic mass is 19.4. The van der Waals surface area contributed by atoms with Gasteiger partial charge in [0.25, 0.3) is 0 Å². The number of aromatic nitrogens is 1. The Morgan fingerprint density at radius 1 is 0.955 bits per heavy atom. The second kappa shape index (κ2) is 18.4. The van der Waals surface area contributed by atoms with Gasteiger partial charge in [-0.25, -0.2) is 14.4 Å². The molecule has 3 N–H and O–H groups in total. The van der Waals surface area contributed by atoms with Gasteiger partial charge in [-0.05, 0) is 38.1 Å². The van der Waals surface area contributed by atoms with Crippen LogP contribution in [0.2, 0.25) is 0 Å². The van der Waals surface area contributed by atoms with Gasteiger partial charge >= 0.3 is 36.4 Å². The molecule has 1 aromatic heterocycles. The number of carbonyl (C=O) groups is 3. The van der Waals surface area contributed by atoms with E-state index in [0.29, 0.717) is 6.04 Å². The van der Waals surface area contributed by atoms with Crippen LogP contribution in [0, 0.1) is 0 Å². The van der Waals surface area contributed by atoms with E-state index < -0.39 is 36.4 Å². The minimum absolute atomic E-state index is 0.112. The first-order valence-corrected chi connectivity index (χ1v) is 12.7. The zero-order chi connectivity index (χ0) is 34.3. The van der Waals surface area contributed by atoms with E-state index in [-0.39, 0.29) is 12.2 Å². The highest BCUT2D eigenvalue weighted by Crippen LogP contribution is 2.31. The summed E-state index contributed by atoms with van der Waals surface area (Å²) in [5, 5.41) is 21.4. The molecule has 0 radical (unpaired) electrons. The molecule has 0 aliphatic carbocycles. The molecule has 0 saturated carbocycles. The number of alkyl halides is 9. The molecule has 3 rings (SSSR count). The fourth-order valence-electron chi connectivity index (χ4n) is 3.77. The Balaban J connectivity index is 0.000000721. The van der Waals surface area contributed by atoms with Crippen LogP contribution in [0.4, 0.5) is 39.5 Å². The third kappa shape index (κ3) is 15.9. The number of likely N-dealkylation sites (N-methyl/N-ethyl adjacent to an activating group) is 1. The summed E-state index contributed by atoms with van der Waals surface area (Å²) in [6.07, 6.45) is -9.01. The number of carboxylic acids is 3. The van der Waals surface area contributed by atoms with E-state index in [2.05, 4.69) is 28.6 Å². The first-order chi connectivity index (χ1) is 20.1. The third-order valence-corrected chi connectivity index (χ3v) is 5.83. The second-order valence-corrected chi connectivity index (χ2v) is 8.82. The van der Waals surface area contributed by atoms with Crippen LogP contribution in [0.3, 0.4) is 0 Å². The largest absolute Gasteiger partial charge is 0.490 e. The Labute approximate surface area is 245 Å². The van der Waals surface area contributed by atoms with Crippen LogP contribution in [0.1, 0.15) is 26.7 Å². The van der Waals surface area contributed by atoms with Gasteiger partial charge in [-0.1, -0.05) is 13.8 Å². The first-order valence-electron chi connectivity index (χ1n) is 12.7. The molecule has 0 aromatic carbocycles. The van der Waals surface area contributed by atoms with Gasteiger partial charge in [0.1, 0.15) is 18.0 Å². The SMILES string of the molecule is CCN(CC)CCN1C[C@@H](Oc2cccnc2)[C@H]2OCCC[C@H]21.O=C(O)C(F)(F)F.O=C(O)C(F)(F)F.O=C(O)C(F)(F)F. The third-order valence-electron chi connectivity index (χ3n) is 5.83. The predicted octanol–water partition coefficient (Wildman–Crippen LogP) is 3.93. The average Bonchev–Trinajstić information content (AvgIpc) is 3.26. The lowest BCUT2D eigenvalue weighted by atomic mass is 10.0. The minimum atomic E-state index is -5.08. The molecule has 1 aromatic rings. The zero-order valence-corrected chi connectivity index (χ0v) is 23.3. The van der Waals surface area contributed by atoms with Crippen molar-refractivity contribution in [3.05, 3.63) is 24.5 Å². The van der Waals surface area contributed by atoms with Crippen LogP contribution >= 0.6 is 0 Å². The molecule has 2 fully saturated rings. The lowest BCUT2D eigenvalue weighted by molar-refractivity contribution is -0.193. The molecule has 20 heteroatoms. The number of pyridine rings is 1. The standard InChI is InChI=1S/C18H29N3O2.3C2HF3O2/c1-3-20(4-2)10-11-21-14-17(18-16(21)8-6-12-22-18)23-15-7-5-9-19-13-15;3*3-2(4,5)1(6)7/h5,7,9,13,16-18H,3-4,6,8,10-12,14H2,1-2H3;3*(H,6,7)/t16-,17-,18+;;;/m1.../s1. The van der Waals surface area contributed by atoms with Crippen molar-refractivity contribution in [1.29, 1.82) is 0 Å². The molecule has 44 heavy (non-hydrogen) atoms. The fourth-order valence-corrected chi connectivity index (χ4v) is 3.77. The monoisotopic (exact) mass is 661 g/mol. The van der Waals surface area contributed by atoms with Gasteiger partial charge in [-0.2, -0.15) is 39.5 Å². The van der Waals surface area contributed by atoms with Gasteiger partial charge in [-0.15, -0.1) is 0 Å². The topological polar surface area (TPSA) is 150 Å². The molecule has 3 atom stereocenters. The summed E-state index contributed by atoms with van der Waals surface area (Å²) in [5.74, 6) is -7.43. The van der Waals surface area contributed by atoms with E-state index in [1.807, 2.05) is 12.1 Å². The normalized spacial score (nSPS) is 20.0. The summed E-state index contributed by atoms with van der Waals surface area (Å²) in [6.45, 7) is 10.7. The molecule has 2 saturated heterocycles. The number of fused-ring (bicyclic) bond motifs is 1. The Bertz CT molecular complexity index is 950. The molecule has 2 aliphatic heterocycles. The fraction of sp³-hybridized carbons (Fsp3) is 0.667. The maximum absolute atomic E-state index is 10.6. The zero-order valence-electron chi connectivity index (χ0n) is 23.3. The molecular formula is C24H32F9N3O8. The number of nitrogens with zero attached hydrogens (tertiary/aromatic N) is 3. The van der Waals surface area contributed by atoms with Crippen molar-refractivity contribution >= 4 is 17.9 Å². The molecule has 11 nitrogen and oxygen atoms in total. The van der Waals surface area contributed by atoms with Gasteiger partial charge in [-0.3, -0.25) is 9.88 Å². The van der Waals surface area contributed by atoms with Crippen LogP contribution in [0.5, 0.6) is 5.75 Å². The Kier molecular flexibility index (Phi) is 17.0. The molecule has 254 valence electrons. The summed E-state index contributed by atoms with van der Waals surface area (Å²) in [7, 11) is 0.